The van der Waals surface area contributed by atoms with Crippen LogP contribution in [0.25, 0.3) is 22.4 Å². The SMILES string of the molecule is COc1nc(-c2cccc(-c3ccnc(Nc4cccc(CNCC5CCC(=O)N5)c4F)c3Cl)c2Cl)ccc1CNCC1CCC(=O)N1. The Balaban J connectivity index is 1.17. The van der Waals surface area contributed by atoms with Gasteiger partial charge in [-0.25, -0.2) is 14.4 Å². The fourth-order valence-electron chi connectivity index (χ4n) is 5.97. The summed E-state index contributed by atoms with van der Waals surface area (Å²) in [5.74, 6) is 0.453. The van der Waals surface area contributed by atoms with Crippen molar-refractivity contribution in [3.05, 3.63) is 87.8 Å². The number of rotatable bonds is 13. The van der Waals surface area contributed by atoms with Crippen LogP contribution in [0.3, 0.4) is 0 Å². The minimum Gasteiger partial charge on any atom is -0.481 e. The number of carbonyl (C=O) groups excluding carboxylic acids is 2. The molecule has 0 aliphatic carbocycles. The molecule has 4 aromatic rings. The second kappa shape index (κ2) is 15.3. The standard InChI is InChI=1S/C35H36Cl2FN7O3/c1-48-35-21(17-40-19-23-10-13-30(47)43-23)8-11-27(45-35)26-6-3-5-24(31(26)36)25-14-15-41-34(32(25)37)44-28-7-2-4-20(33(28)38)16-39-18-22-9-12-29(46)42-22/h2-8,11,14-15,22-23,39-40H,9-10,12-13,16-19H2,1H3,(H,41,44)(H,42,46)(H,43,47). The van der Waals surface area contributed by atoms with E-state index in [2.05, 4.69) is 31.6 Å². The molecule has 2 amide bonds. The van der Waals surface area contributed by atoms with Gasteiger partial charge in [-0.15, -0.1) is 0 Å². The Labute approximate surface area is 288 Å². The van der Waals surface area contributed by atoms with E-state index < -0.39 is 5.82 Å². The van der Waals surface area contributed by atoms with Crippen LogP contribution in [0.2, 0.25) is 10.0 Å². The van der Waals surface area contributed by atoms with Crippen molar-refractivity contribution in [2.75, 3.05) is 25.5 Å². The van der Waals surface area contributed by atoms with Crippen molar-refractivity contribution in [2.24, 2.45) is 0 Å². The highest BCUT2D eigenvalue weighted by Gasteiger charge is 2.22. The molecule has 6 rings (SSSR count). The minimum absolute atomic E-state index is 0.0439. The Hall–Kier alpha value is -4.29. The number of hydrogen-bond donors (Lipinski definition) is 5. The van der Waals surface area contributed by atoms with Crippen molar-refractivity contribution < 1.29 is 18.7 Å². The summed E-state index contributed by atoms with van der Waals surface area (Å²) in [5.41, 5.74) is 4.16. The Kier molecular flexibility index (Phi) is 10.7. The van der Waals surface area contributed by atoms with Gasteiger partial charge in [0, 0.05) is 85.1 Å². The van der Waals surface area contributed by atoms with Gasteiger partial charge in [-0.1, -0.05) is 59.6 Å². The van der Waals surface area contributed by atoms with Crippen LogP contribution in [0.1, 0.15) is 36.8 Å². The predicted molar refractivity (Wildman–Crippen MR) is 185 cm³/mol. The first-order chi connectivity index (χ1) is 23.3. The number of nitrogens with one attached hydrogen (secondary N) is 5. The summed E-state index contributed by atoms with van der Waals surface area (Å²) in [6, 6.07) is 16.4. The molecule has 2 aromatic heterocycles. The van der Waals surface area contributed by atoms with E-state index in [1.165, 1.54) is 0 Å². The third-order valence-electron chi connectivity index (χ3n) is 8.50. The van der Waals surface area contributed by atoms with Crippen LogP contribution in [-0.4, -0.2) is 54.1 Å². The van der Waals surface area contributed by atoms with Gasteiger partial charge in [0.2, 0.25) is 17.7 Å². The van der Waals surface area contributed by atoms with Gasteiger partial charge in [-0.05, 0) is 31.0 Å². The molecule has 5 N–H and O–H groups in total. The number of benzene rings is 2. The zero-order valence-electron chi connectivity index (χ0n) is 26.3. The van der Waals surface area contributed by atoms with Crippen LogP contribution in [0.5, 0.6) is 5.88 Å². The average molecular weight is 693 g/mol. The summed E-state index contributed by atoms with van der Waals surface area (Å²) >= 11 is 13.9. The van der Waals surface area contributed by atoms with Crippen molar-refractivity contribution in [2.45, 2.75) is 50.9 Å². The molecule has 4 heterocycles. The van der Waals surface area contributed by atoms with Gasteiger partial charge < -0.3 is 31.3 Å². The van der Waals surface area contributed by atoms with E-state index in [0.717, 1.165) is 18.4 Å². The highest BCUT2D eigenvalue weighted by Crippen LogP contribution is 2.41. The van der Waals surface area contributed by atoms with E-state index in [0.29, 0.717) is 77.9 Å². The molecule has 0 saturated carbocycles. The Morgan fingerprint density at radius 1 is 0.833 bits per heavy atom. The van der Waals surface area contributed by atoms with E-state index >= 15 is 4.39 Å². The molecule has 2 aromatic carbocycles. The molecular formula is C35H36Cl2FN7O3. The predicted octanol–water partition coefficient (Wildman–Crippen LogP) is 5.75. The topological polar surface area (TPSA) is 129 Å². The molecule has 2 atom stereocenters. The highest BCUT2D eigenvalue weighted by atomic mass is 35.5. The van der Waals surface area contributed by atoms with Crippen LogP contribution < -0.4 is 31.3 Å². The van der Waals surface area contributed by atoms with Gasteiger partial charge in [0.05, 0.1) is 28.5 Å². The number of methoxy groups -OCH3 is 1. The summed E-state index contributed by atoms with van der Waals surface area (Å²) in [6.45, 7) is 2.04. The first kappa shape index (κ1) is 33.6. The summed E-state index contributed by atoms with van der Waals surface area (Å²) in [6.07, 6.45) is 4.25. The summed E-state index contributed by atoms with van der Waals surface area (Å²) in [7, 11) is 1.57. The van der Waals surface area contributed by atoms with E-state index in [4.69, 9.17) is 32.9 Å². The fraction of sp³-hybridized carbons (Fsp3) is 0.314. The molecule has 13 heteroatoms. The highest BCUT2D eigenvalue weighted by molar-refractivity contribution is 6.39. The van der Waals surface area contributed by atoms with Gasteiger partial charge in [0.1, 0.15) is 5.82 Å². The van der Waals surface area contributed by atoms with Crippen molar-refractivity contribution in [3.63, 3.8) is 0 Å². The van der Waals surface area contributed by atoms with Crippen molar-refractivity contribution in [1.82, 2.24) is 31.2 Å². The van der Waals surface area contributed by atoms with Crippen LogP contribution >= 0.6 is 23.2 Å². The normalized spacial score (nSPS) is 17.3. The molecule has 2 fully saturated rings. The molecule has 2 aliphatic heterocycles. The molecule has 2 aliphatic rings. The number of aromatic nitrogens is 2. The van der Waals surface area contributed by atoms with Crippen molar-refractivity contribution in [3.8, 4) is 28.3 Å². The number of carbonyl (C=O) groups is 2. The van der Waals surface area contributed by atoms with Gasteiger partial charge in [-0.3, -0.25) is 9.59 Å². The smallest absolute Gasteiger partial charge is 0.220 e. The number of anilines is 2. The lowest BCUT2D eigenvalue weighted by Crippen LogP contribution is -2.35. The Bertz CT molecular complexity index is 1830. The maximum Gasteiger partial charge on any atom is 0.220 e. The maximum absolute atomic E-state index is 15.5. The van der Waals surface area contributed by atoms with Gasteiger partial charge in [0.15, 0.2) is 5.82 Å². The molecule has 48 heavy (non-hydrogen) atoms. The largest absolute Gasteiger partial charge is 0.481 e. The average Bonchev–Trinajstić information content (AvgIpc) is 3.70. The second-order valence-electron chi connectivity index (χ2n) is 11.8. The lowest BCUT2D eigenvalue weighted by atomic mass is 10.0. The molecule has 0 bridgehead atoms. The first-order valence-corrected chi connectivity index (χ1v) is 16.6. The zero-order valence-corrected chi connectivity index (χ0v) is 27.8. The number of halogens is 3. The zero-order chi connectivity index (χ0) is 33.6. The second-order valence-corrected chi connectivity index (χ2v) is 12.6. The number of nitrogens with zero attached hydrogens (tertiary/aromatic N) is 2. The number of hydrogen-bond acceptors (Lipinski definition) is 8. The van der Waals surface area contributed by atoms with E-state index in [1.807, 2.05) is 30.3 Å². The van der Waals surface area contributed by atoms with Gasteiger partial charge >= 0.3 is 0 Å². The number of amides is 2. The van der Waals surface area contributed by atoms with Gasteiger partial charge in [0.25, 0.3) is 0 Å². The van der Waals surface area contributed by atoms with E-state index in [1.54, 1.807) is 37.6 Å². The van der Waals surface area contributed by atoms with Crippen LogP contribution in [-0.2, 0) is 22.7 Å². The molecule has 2 saturated heterocycles. The van der Waals surface area contributed by atoms with Crippen molar-refractivity contribution in [1.29, 1.82) is 0 Å². The Morgan fingerprint density at radius 3 is 2.15 bits per heavy atom. The van der Waals surface area contributed by atoms with E-state index in [-0.39, 0.29) is 40.4 Å². The summed E-state index contributed by atoms with van der Waals surface area (Å²) in [5, 5.41) is 16.2. The fourth-order valence-corrected chi connectivity index (χ4v) is 6.56. The molecule has 250 valence electrons. The summed E-state index contributed by atoms with van der Waals surface area (Å²) in [4.78, 5) is 32.1. The first-order valence-electron chi connectivity index (χ1n) is 15.8. The van der Waals surface area contributed by atoms with E-state index in [9.17, 15) is 9.59 Å². The molecular weight excluding hydrogens is 656 g/mol. The number of ether oxygens (including phenoxy) is 1. The van der Waals surface area contributed by atoms with Gasteiger partial charge in [-0.2, -0.15) is 0 Å². The lowest BCUT2D eigenvalue weighted by Gasteiger charge is -2.16. The molecule has 10 nitrogen and oxygen atoms in total. The minimum atomic E-state index is -0.423. The molecule has 2 unspecified atom stereocenters. The van der Waals surface area contributed by atoms with Crippen LogP contribution in [0, 0.1) is 5.82 Å². The summed E-state index contributed by atoms with van der Waals surface area (Å²) < 4.78 is 21.1. The van der Waals surface area contributed by atoms with Crippen LogP contribution in [0.4, 0.5) is 15.9 Å². The molecule has 0 spiro atoms. The third kappa shape index (κ3) is 7.71. The lowest BCUT2D eigenvalue weighted by molar-refractivity contribution is -0.120. The molecule has 0 radical (unpaired) electrons. The van der Waals surface area contributed by atoms with Crippen LogP contribution in [0.15, 0.2) is 60.8 Å². The number of pyridine rings is 2. The third-order valence-corrected chi connectivity index (χ3v) is 9.29. The van der Waals surface area contributed by atoms with Crippen molar-refractivity contribution >= 4 is 46.5 Å². The quantitative estimate of drug-likeness (QED) is 0.120. The Morgan fingerprint density at radius 2 is 1.48 bits per heavy atom. The maximum atomic E-state index is 15.5. The monoisotopic (exact) mass is 691 g/mol.